The summed E-state index contributed by atoms with van der Waals surface area (Å²) in [4.78, 5) is 98.0. The van der Waals surface area contributed by atoms with E-state index in [1.165, 1.54) is 44.5 Å². The zero-order chi connectivity index (χ0) is 87.7. The summed E-state index contributed by atoms with van der Waals surface area (Å²) in [5, 5.41) is 34.9. The van der Waals surface area contributed by atoms with Crippen LogP contribution < -0.4 is 18.9 Å². The lowest BCUT2D eigenvalue weighted by Crippen LogP contribution is -2.35. The molecule has 4 unspecified atom stereocenters. The molecular weight excluding hydrogens is 1530 g/mol. The minimum atomic E-state index is -1.02. The number of carboxylic acid groups (broad SMARTS) is 4. The van der Waals surface area contributed by atoms with E-state index in [2.05, 4.69) is 125 Å². The second-order valence-corrected chi connectivity index (χ2v) is 30.7. The number of benzene rings is 8. The summed E-state index contributed by atoms with van der Waals surface area (Å²) in [6, 6.07) is 65.4. The van der Waals surface area contributed by atoms with Crippen molar-refractivity contribution >= 4 is 47.8 Å². The van der Waals surface area contributed by atoms with Crippen molar-refractivity contribution in [2.24, 2.45) is 0 Å². The number of para-hydroxylation sites is 4. The van der Waals surface area contributed by atoms with Crippen molar-refractivity contribution in [2.45, 2.75) is 155 Å². The van der Waals surface area contributed by atoms with E-state index in [4.69, 9.17) is 58.3 Å². The molecule has 0 heterocycles. The minimum absolute atomic E-state index is 0.146. The molecule has 24 heteroatoms. The quantitative estimate of drug-likeness (QED) is 0.0203. The molecule has 0 saturated heterocycles. The lowest BCUT2D eigenvalue weighted by atomic mass is 10.0. The van der Waals surface area contributed by atoms with Gasteiger partial charge in [0.25, 0.3) is 0 Å². The monoisotopic (exact) mass is 1650 g/mol. The summed E-state index contributed by atoms with van der Waals surface area (Å²) in [5.74, 6) is -3.09. The Morgan fingerprint density at radius 2 is 0.450 bits per heavy atom. The predicted octanol–water partition coefficient (Wildman–Crippen LogP) is 14.0. The molecule has 0 fully saturated rings. The second-order valence-electron chi connectivity index (χ2n) is 30.7. The fraction of sp³-hybridized carbons (Fsp3) is 0.417. The van der Waals surface area contributed by atoms with Crippen LogP contribution in [0, 0.1) is 27.7 Å². The minimum Gasteiger partial charge on any atom is -0.489 e. The molecule has 0 aliphatic rings. The van der Waals surface area contributed by atoms with Gasteiger partial charge in [-0.3, -0.25) is 38.4 Å². The Bertz CT molecular complexity index is 3890. The standard InChI is InChI=1S/4C24H31NO5/c4*1-18-7-6-8-19(15-18)11-12-20-9-4-5-10-22(20)29-17-21(16-25(2)3)30-24(28)14-13-23(26)27/h4*4-10,15,21H,11-14,16-17H2,1-3H3,(H,26,27). The Morgan fingerprint density at radius 3 is 0.625 bits per heavy atom. The Hall–Kier alpha value is -11.4. The molecule has 0 radical (unpaired) electrons. The molecule has 8 aromatic rings. The van der Waals surface area contributed by atoms with Gasteiger partial charge in [-0.1, -0.05) is 192 Å². The lowest BCUT2D eigenvalue weighted by Gasteiger charge is -2.22. The summed E-state index contributed by atoms with van der Waals surface area (Å²) in [5.41, 5.74) is 14.5. The van der Waals surface area contributed by atoms with Crippen molar-refractivity contribution in [1.82, 2.24) is 19.6 Å². The third kappa shape index (κ3) is 43.8. The second kappa shape index (κ2) is 55.3. The molecule has 120 heavy (non-hydrogen) atoms. The van der Waals surface area contributed by atoms with Gasteiger partial charge in [-0.2, -0.15) is 0 Å². The fourth-order valence-electron chi connectivity index (χ4n) is 12.7. The van der Waals surface area contributed by atoms with Crippen molar-refractivity contribution < 1.29 is 96.7 Å². The summed E-state index contributed by atoms with van der Waals surface area (Å²) >= 11 is 0. The van der Waals surface area contributed by atoms with E-state index < -0.39 is 72.2 Å². The molecule has 0 aliphatic carbocycles. The normalized spacial score (nSPS) is 11.9. The molecule has 4 atom stereocenters. The first-order chi connectivity index (χ1) is 57.3. The van der Waals surface area contributed by atoms with Crippen LogP contribution in [0.4, 0.5) is 0 Å². The van der Waals surface area contributed by atoms with Gasteiger partial charge < -0.3 is 77.9 Å². The highest BCUT2D eigenvalue weighted by Gasteiger charge is 2.24. The number of nitrogens with zero attached hydrogens (tertiary/aromatic N) is 4. The fourth-order valence-corrected chi connectivity index (χ4v) is 12.7. The highest BCUT2D eigenvalue weighted by atomic mass is 16.6. The van der Waals surface area contributed by atoms with Crippen molar-refractivity contribution in [2.75, 3.05) is 109 Å². The molecule has 0 aliphatic heterocycles. The number of aryl methyl sites for hydroxylation is 12. The number of aliphatic carboxylic acids is 4. The van der Waals surface area contributed by atoms with Crippen LogP contribution in [0.2, 0.25) is 0 Å². The number of hydrogen-bond donors (Lipinski definition) is 4. The van der Waals surface area contributed by atoms with Crippen molar-refractivity contribution in [1.29, 1.82) is 0 Å². The summed E-state index contributed by atoms with van der Waals surface area (Å²) in [6.07, 6.45) is 3.55. The van der Waals surface area contributed by atoms with Gasteiger partial charge in [0.1, 0.15) is 73.8 Å². The zero-order valence-corrected chi connectivity index (χ0v) is 71.9. The van der Waals surface area contributed by atoms with E-state index in [9.17, 15) is 38.4 Å². The number of carboxylic acids is 4. The van der Waals surface area contributed by atoms with Gasteiger partial charge in [0, 0.05) is 26.2 Å². The highest BCUT2D eigenvalue weighted by Crippen LogP contribution is 2.26. The summed E-state index contributed by atoms with van der Waals surface area (Å²) in [7, 11) is 15.1. The van der Waals surface area contributed by atoms with Crippen LogP contribution in [0.3, 0.4) is 0 Å². The lowest BCUT2D eigenvalue weighted by molar-refractivity contribution is -0.154. The van der Waals surface area contributed by atoms with Gasteiger partial charge in [-0.25, -0.2) is 0 Å². The molecule has 8 rings (SSSR count). The average Bonchev–Trinajstić information content (AvgIpc) is 0.879. The maximum Gasteiger partial charge on any atom is 0.306 e. The molecule has 8 aromatic carbocycles. The molecule has 24 nitrogen and oxygen atoms in total. The number of likely N-dealkylation sites (N-methyl/N-ethyl adjacent to an activating group) is 4. The van der Waals surface area contributed by atoms with E-state index in [1.54, 1.807) is 0 Å². The first-order valence-corrected chi connectivity index (χ1v) is 40.6. The third-order valence-electron chi connectivity index (χ3n) is 18.3. The van der Waals surface area contributed by atoms with E-state index in [0.29, 0.717) is 26.2 Å². The van der Waals surface area contributed by atoms with Crippen molar-refractivity contribution in [3.63, 3.8) is 0 Å². The topological polar surface area (TPSA) is 304 Å². The summed E-state index contributed by atoms with van der Waals surface area (Å²) in [6.45, 7) is 11.1. The highest BCUT2D eigenvalue weighted by molar-refractivity contribution is 5.78. The Balaban J connectivity index is 0.000000285. The van der Waals surface area contributed by atoms with Crippen LogP contribution in [0.15, 0.2) is 194 Å². The Morgan fingerprint density at radius 1 is 0.258 bits per heavy atom. The first-order valence-electron chi connectivity index (χ1n) is 40.6. The number of carbonyl (C=O) groups is 8. The number of rotatable bonds is 48. The zero-order valence-electron chi connectivity index (χ0n) is 71.9. The van der Waals surface area contributed by atoms with Gasteiger partial charge in [0.15, 0.2) is 0 Å². The van der Waals surface area contributed by atoms with Crippen LogP contribution in [-0.2, 0) is 109 Å². The molecule has 0 saturated carbocycles. The van der Waals surface area contributed by atoms with E-state index in [0.717, 1.165) is 96.6 Å². The largest absolute Gasteiger partial charge is 0.489 e. The number of esters is 4. The SMILES string of the molecule is Cc1cccc(CCc2ccccc2OCC(CN(C)C)OC(=O)CCC(=O)O)c1.Cc1cccc(CCc2ccccc2OCC(CN(C)C)OC(=O)CCC(=O)O)c1.Cc1cccc(CCc2ccccc2OCC(CN(C)C)OC(=O)CCC(=O)O)c1.Cc1cccc(CCc2ccccc2OCC(CN(C)C)OC(=O)CCC(=O)O)c1. The van der Waals surface area contributed by atoms with Gasteiger partial charge >= 0.3 is 47.8 Å². The predicted molar refractivity (Wildman–Crippen MR) is 463 cm³/mol. The van der Waals surface area contributed by atoms with Gasteiger partial charge in [0.2, 0.25) is 0 Å². The van der Waals surface area contributed by atoms with Gasteiger partial charge in [-0.15, -0.1) is 0 Å². The molecule has 4 N–H and O–H groups in total. The Labute approximate surface area is 708 Å². The van der Waals surface area contributed by atoms with E-state index >= 15 is 0 Å². The van der Waals surface area contributed by atoms with Gasteiger partial charge in [-0.05, 0) is 204 Å². The smallest absolute Gasteiger partial charge is 0.306 e. The maximum atomic E-state index is 11.9. The van der Waals surface area contributed by atoms with Crippen molar-refractivity contribution in [3.05, 3.63) is 261 Å². The molecule has 648 valence electrons. The average molecular weight is 1650 g/mol. The third-order valence-corrected chi connectivity index (χ3v) is 18.3. The van der Waals surface area contributed by atoms with Crippen LogP contribution in [0.1, 0.15) is 118 Å². The summed E-state index contributed by atoms with van der Waals surface area (Å²) < 4.78 is 45.9. The number of carbonyl (C=O) groups excluding carboxylic acids is 4. The molecule has 0 spiro atoms. The van der Waals surface area contributed by atoms with Gasteiger partial charge in [0.05, 0.1) is 51.4 Å². The van der Waals surface area contributed by atoms with Crippen LogP contribution >= 0.6 is 0 Å². The molecule has 0 bridgehead atoms. The van der Waals surface area contributed by atoms with Crippen molar-refractivity contribution in [3.8, 4) is 23.0 Å². The number of hydrogen-bond acceptors (Lipinski definition) is 20. The van der Waals surface area contributed by atoms with Crippen LogP contribution in [0.5, 0.6) is 23.0 Å². The van der Waals surface area contributed by atoms with Crippen LogP contribution in [0.25, 0.3) is 0 Å². The van der Waals surface area contributed by atoms with E-state index in [-0.39, 0.29) is 77.8 Å². The number of ether oxygens (including phenoxy) is 8. The maximum absolute atomic E-state index is 11.9. The molecule has 0 amide bonds. The molecule has 0 aromatic heterocycles. The molecular formula is C96H124N4O20. The Kier molecular flexibility index (Phi) is 45.7. The van der Waals surface area contributed by atoms with E-state index in [1.807, 2.05) is 173 Å². The van der Waals surface area contributed by atoms with Crippen LogP contribution in [-0.4, -0.2) is 221 Å². The first kappa shape index (κ1) is 99.1.